The maximum absolute atomic E-state index is 13.1. The Labute approximate surface area is 199 Å². The largest absolute Gasteiger partial charge is 0.354 e. The standard InChI is InChI=1S/C24H31N5O3S/c1-19(33-22-9-7-21(8-10-22)29(31)32)24(30)28-12-4-5-20(18-28)17-26-13-15-27(16-14-26)23-6-2-3-11-25-23/h2-3,6-11,19-20H,4-5,12-18H2,1H3. The predicted octanol–water partition coefficient (Wildman–Crippen LogP) is 3.53. The quantitative estimate of drug-likeness (QED) is 0.348. The highest BCUT2D eigenvalue weighted by Gasteiger charge is 2.29. The lowest BCUT2D eigenvalue weighted by Gasteiger charge is -2.40. The van der Waals surface area contributed by atoms with E-state index in [2.05, 4.69) is 20.9 Å². The number of hydrogen-bond donors (Lipinski definition) is 0. The maximum atomic E-state index is 13.1. The van der Waals surface area contributed by atoms with Crippen LogP contribution in [0.2, 0.25) is 0 Å². The zero-order valence-corrected chi connectivity index (χ0v) is 19.8. The van der Waals surface area contributed by atoms with Gasteiger partial charge in [0, 0.05) is 69.0 Å². The third-order valence-corrected chi connectivity index (χ3v) is 7.50. The summed E-state index contributed by atoms with van der Waals surface area (Å²) in [5.41, 5.74) is 0.0677. The molecule has 2 aliphatic heterocycles. The van der Waals surface area contributed by atoms with Gasteiger partial charge in [-0.25, -0.2) is 4.98 Å². The van der Waals surface area contributed by atoms with Gasteiger partial charge in [0.15, 0.2) is 0 Å². The Kier molecular flexibility index (Phi) is 7.82. The number of amides is 1. The summed E-state index contributed by atoms with van der Waals surface area (Å²) < 4.78 is 0. The van der Waals surface area contributed by atoms with Crippen LogP contribution in [0.5, 0.6) is 0 Å². The average Bonchev–Trinajstić information content (AvgIpc) is 2.85. The molecular weight excluding hydrogens is 438 g/mol. The van der Waals surface area contributed by atoms with Gasteiger partial charge in [0.05, 0.1) is 10.2 Å². The van der Waals surface area contributed by atoms with Crippen molar-refractivity contribution in [2.24, 2.45) is 5.92 Å². The van der Waals surface area contributed by atoms with Crippen LogP contribution in [0.4, 0.5) is 11.5 Å². The van der Waals surface area contributed by atoms with E-state index in [0.717, 1.165) is 69.4 Å². The van der Waals surface area contributed by atoms with Crippen LogP contribution in [-0.2, 0) is 4.79 Å². The highest BCUT2D eigenvalue weighted by molar-refractivity contribution is 8.00. The zero-order valence-electron chi connectivity index (χ0n) is 19.0. The third-order valence-electron chi connectivity index (χ3n) is 6.40. The second kappa shape index (κ2) is 11.0. The molecule has 2 atom stereocenters. The Morgan fingerprint density at radius 2 is 1.91 bits per heavy atom. The minimum Gasteiger partial charge on any atom is -0.354 e. The maximum Gasteiger partial charge on any atom is 0.269 e. The number of carbonyl (C=O) groups is 1. The average molecular weight is 470 g/mol. The molecule has 2 unspecified atom stereocenters. The molecule has 3 heterocycles. The lowest BCUT2D eigenvalue weighted by Crippen LogP contribution is -2.51. The summed E-state index contributed by atoms with van der Waals surface area (Å²) in [7, 11) is 0. The van der Waals surface area contributed by atoms with E-state index >= 15 is 0 Å². The van der Waals surface area contributed by atoms with Gasteiger partial charge in [-0.1, -0.05) is 6.07 Å². The molecular formula is C24H31N5O3S. The summed E-state index contributed by atoms with van der Waals surface area (Å²) in [5.74, 6) is 1.70. The molecule has 0 N–H and O–H groups in total. The van der Waals surface area contributed by atoms with E-state index in [1.165, 1.54) is 23.9 Å². The van der Waals surface area contributed by atoms with Gasteiger partial charge >= 0.3 is 0 Å². The van der Waals surface area contributed by atoms with E-state index in [1.807, 2.05) is 30.2 Å². The van der Waals surface area contributed by atoms with Gasteiger partial charge in [-0.05, 0) is 49.9 Å². The van der Waals surface area contributed by atoms with Crippen molar-refractivity contribution in [1.82, 2.24) is 14.8 Å². The van der Waals surface area contributed by atoms with Crippen molar-refractivity contribution in [3.8, 4) is 0 Å². The molecule has 2 aromatic rings. The van der Waals surface area contributed by atoms with Gasteiger partial charge < -0.3 is 9.80 Å². The lowest BCUT2D eigenvalue weighted by atomic mass is 9.97. The summed E-state index contributed by atoms with van der Waals surface area (Å²) in [6, 6.07) is 12.5. The van der Waals surface area contributed by atoms with Crippen LogP contribution < -0.4 is 4.90 Å². The van der Waals surface area contributed by atoms with Gasteiger partial charge in [-0.2, -0.15) is 0 Å². The molecule has 8 nitrogen and oxygen atoms in total. The van der Waals surface area contributed by atoms with Crippen LogP contribution in [0.3, 0.4) is 0 Å². The number of non-ortho nitro benzene ring substituents is 1. The highest BCUT2D eigenvalue weighted by atomic mass is 32.2. The molecule has 2 aliphatic rings. The van der Waals surface area contributed by atoms with E-state index in [0.29, 0.717) is 5.92 Å². The van der Waals surface area contributed by atoms with E-state index in [4.69, 9.17) is 0 Å². The van der Waals surface area contributed by atoms with Crippen LogP contribution in [0.15, 0.2) is 53.6 Å². The van der Waals surface area contributed by atoms with Crippen molar-refractivity contribution in [2.75, 3.05) is 50.7 Å². The van der Waals surface area contributed by atoms with E-state index < -0.39 is 4.92 Å². The van der Waals surface area contributed by atoms with Gasteiger partial charge in [-0.15, -0.1) is 11.8 Å². The number of rotatable bonds is 7. The molecule has 9 heteroatoms. The molecule has 2 fully saturated rings. The minimum atomic E-state index is -0.407. The SMILES string of the molecule is CC(Sc1ccc([N+](=O)[O-])cc1)C(=O)N1CCCC(CN2CCN(c3ccccn3)CC2)C1. The van der Waals surface area contributed by atoms with Crippen LogP contribution in [-0.4, -0.2) is 76.7 Å². The van der Waals surface area contributed by atoms with E-state index in [-0.39, 0.29) is 16.8 Å². The fraction of sp³-hybridized carbons (Fsp3) is 0.500. The van der Waals surface area contributed by atoms with Crippen LogP contribution in [0.25, 0.3) is 0 Å². The van der Waals surface area contributed by atoms with Crippen molar-refractivity contribution < 1.29 is 9.72 Å². The number of pyridine rings is 1. The first kappa shape index (κ1) is 23.5. The van der Waals surface area contributed by atoms with Crippen molar-refractivity contribution in [3.05, 3.63) is 58.8 Å². The van der Waals surface area contributed by atoms with Gasteiger partial charge in [0.1, 0.15) is 5.82 Å². The number of piperidine rings is 1. The molecule has 0 aliphatic carbocycles. The van der Waals surface area contributed by atoms with Crippen molar-refractivity contribution >= 4 is 29.2 Å². The Morgan fingerprint density at radius 3 is 2.58 bits per heavy atom. The number of nitro groups is 1. The van der Waals surface area contributed by atoms with E-state index in [1.54, 1.807) is 12.1 Å². The van der Waals surface area contributed by atoms with Gasteiger partial charge in [0.25, 0.3) is 5.69 Å². The second-order valence-corrected chi connectivity index (χ2v) is 10.2. The Hall–Kier alpha value is -2.65. The monoisotopic (exact) mass is 469 g/mol. The number of piperazine rings is 1. The molecule has 0 saturated carbocycles. The number of likely N-dealkylation sites (tertiary alicyclic amines) is 1. The molecule has 176 valence electrons. The number of nitro benzene ring substituents is 1. The lowest BCUT2D eigenvalue weighted by molar-refractivity contribution is -0.384. The molecule has 0 radical (unpaired) electrons. The van der Waals surface area contributed by atoms with Crippen LogP contribution in [0.1, 0.15) is 19.8 Å². The number of hydrogen-bond acceptors (Lipinski definition) is 7. The fourth-order valence-corrected chi connectivity index (χ4v) is 5.59. The summed E-state index contributed by atoms with van der Waals surface area (Å²) in [6.45, 7) is 8.59. The van der Waals surface area contributed by atoms with Crippen molar-refractivity contribution in [2.45, 2.75) is 29.9 Å². The molecule has 33 heavy (non-hydrogen) atoms. The van der Waals surface area contributed by atoms with Gasteiger partial charge in [-0.3, -0.25) is 19.8 Å². The van der Waals surface area contributed by atoms with Crippen molar-refractivity contribution in [1.29, 1.82) is 0 Å². The number of aromatic nitrogens is 1. The second-order valence-electron chi connectivity index (χ2n) is 8.78. The zero-order chi connectivity index (χ0) is 23.2. The van der Waals surface area contributed by atoms with E-state index in [9.17, 15) is 14.9 Å². The minimum absolute atomic E-state index is 0.0677. The summed E-state index contributed by atoms with van der Waals surface area (Å²) in [5, 5.41) is 10.6. The smallest absolute Gasteiger partial charge is 0.269 e. The molecule has 2 saturated heterocycles. The molecule has 1 amide bonds. The number of nitrogens with zero attached hydrogens (tertiary/aromatic N) is 5. The first-order chi connectivity index (χ1) is 16.0. The Bertz CT molecular complexity index is 935. The molecule has 1 aromatic heterocycles. The van der Waals surface area contributed by atoms with Gasteiger partial charge in [0.2, 0.25) is 5.91 Å². The molecule has 4 rings (SSSR count). The number of thioether (sulfide) groups is 1. The number of anilines is 1. The summed E-state index contributed by atoms with van der Waals surface area (Å²) in [4.78, 5) is 35.7. The number of carbonyl (C=O) groups excluding carboxylic acids is 1. The normalized spacial score (nSPS) is 20.5. The van der Waals surface area contributed by atoms with Crippen LogP contribution in [0, 0.1) is 16.0 Å². The van der Waals surface area contributed by atoms with Crippen molar-refractivity contribution in [3.63, 3.8) is 0 Å². The third kappa shape index (κ3) is 6.23. The first-order valence-corrected chi connectivity index (χ1v) is 12.5. The predicted molar refractivity (Wildman–Crippen MR) is 131 cm³/mol. The Balaban J connectivity index is 1.25. The topological polar surface area (TPSA) is 82.8 Å². The fourth-order valence-electron chi connectivity index (χ4n) is 4.64. The molecule has 0 spiro atoms. The molecule has 1 aromatic carbocycles. The summed E-state index contributed by atoms with van der Waals surface area (Å²) in [6.07, 6.45) is 4.05. The molecule has 0 bridgehead atoms. The number of benzene rings is 1. The summed E-state index contributed by atoms with van der Waals surface area (Å²) >= 11 is 1.47. The highest BCUT2D eigenvalue weighted by Crippen LogP contribution is 2.28. The first-order valence-electron chi connectivity index (χ1n) is 11.6. The van der Waals surface area contributed by atoms with Crippen LogP contribution >= 0.6 is 11.8 Å². The Morgan fingerprint density at radius 1 is 1.15 bits per heavy atom.